The molecule has 0 aliphatic rings. The smallest absolute Gasteiger partial charge is 0.235 e. The van der Waals surface area contributed by atoms with Crippen molar-refractivity contribution in [1.29, 1.82) is 0 Å². The van der Waals surface area contributed by atoms with E-state index in [0.29, 0.717) is 0 Å². The second-order valence-electron chi connectivity index (χ2n) is 4.43. The van der Waals surface area contributed by atoms with Gasteiger partial charge in [-0.2, -0.15) is 0 Å². The van der Waals surface area contributed by atoms with Gasteiger partial charge in [-0.3, -0.25) is 4.79 Å². The summed E-state index contributed by atoms with van der Waals surface area (Å²) in [6, 6.07) is 8.65. The van der Waals surface area contributed by atoms with E-state index in [2.05, 4.69) is 0 Å². The molecule has 2 aromatic carbocycles. The maximum atomic E-state index is 12.1. The first-order valence-electron chi connectivity index (χ1n) is 5.99. The number of benzene rings is 2. The Balaban J connectivity index is 2.39. The minimum atomic E-state index is -0.761. The Labute approximate surface area is 117 Å². The molecule has 0 atom stereocenters. The number of para-hydroxylation sites is 1. The zero-order chi connectivity index (χ0) is 15.1. The summed E-state index contributed by atoms with van der Waals surface area (Å²) in [5.41, 5.74) is -0.535. The summed E-state index contributed by atoms with van der Waals surface area (Å²) in [4.78, 5) is 12.1. The first kappa shape index (κ1) is 12.9. The van der Waals surface area contributed by atoms with Crippen LogP contribution >= 0.6 is 0 Å². The van der Waals surface area contributed by atoms with E-state index in [1.54, 1.807) is 12.1 Å². The van der Waals surface area contributed by atoms with Crippen LogP contribution in [0.3, 0.4) is 0 Å². The second kappa shape index (κ2) is 4.45. The van der Waals surface area contributed by atoms with Crippen LogP contribution in [0.4, 0.5) is 0 Å². The largest absolute Gasteiger partial charge is 0.504 e. The van der Waals surface area contributed by atoms with Crippen LogP contribution in [0.5, 0.6) is 23.0 Å². The molecule has 0 saturated carbocycles. The van der Waals surface area contributed by atoms with Gasteiger partial charge in [-0.1, -0.05) is 12.1 Å². The first-order valence-corrected chi connectivity index (χ1v) is 5.99. The van der Waals surface area contributed by atoms with Crippen LogP contribution < -0.4 is 5.43 Å². The highest BCUT2D eigenvalue weighted by atomic mass is 16.4. The molecule has 0 aliphatic carbocycles. The van der Waals surface area contributed by atoms with Gasteiger partial charge in [0.05, 0.1) is 10.9 Å². The second-order valence-corrected chi connectivity index (χ2v) is 4.43. The van der Waals surface area contributed by atoms with E-state index in [1.165, 1.54) is 18.2 Å². The lowest BCUT2D eigenvalue weighted by Gasteiger charge is -2.09. The number of aromatic hydroxyl groups is 4. The molecular weight excluding hydrogens is 276 g/mol. The van der Waals surface area contributed by atoms with Gasteiger partial charge in [-0.25, -0.2) is 0 Å². The molecule has 0 radical (unpaired) electrons. The van der Waals surface area contributed by atoms with Crippen LogP contribution in [-0.4, -0.2) is 20.4 Å². The molecule has 1 heterocycles. The van der Waals surface area contributed by atoms with Crippen molar-refractivity contribution >= 4 is 11.0 Å². The molecular formula is C15H10O6. The lowest BCUT2D eigenvalue weighted by Crippen LogP contribution is -2.02. The molecule has 3 aromatic rings. The summed E-state index contributed by atoms with van der Waals surface area (Å²) in [7, 11) is 0. The highest BCUT2D eigenvalue weighted by molar-refractivity contribution is 5.83. The molecule has 106 valence electrons. The number of phenols is 3. The summed E-state index contributed by atoms with van der Waals surface area (Å²) >= 11 is 0. The third-order valence-electron chi connectivity index (χ3n) is 3.15. The van der Waals surface area contributed by atoms with Gasteiger partial charge in [-0.15, -0.1) is 0 Å². The number of fused-ring (bicyclic) bond motifs is 1. The number of hydrogen-bond acceptors (Lipinski definition) is 6. The Morgan fingerprint density at radius 3 is 2.29 bits per heavy atom. The van der Waals surface area contributed by atoms with Gasteiger partial charge in [0, 0.05) is 0 Å². The normalized spacial score (nSPS) is 10.9. The SMILES string of the molecule is O=c1c(O)c(-c2ccc(O)c(O)c2O)oc2ccccc12. The van der Waals surface area contributed by atoms with Gasteiger partial charge < -0.3 is 24.8 Å². The van der Waals surface area contributed by atoms with Crippen LogP contribution in [0.1, 0.15) is 0 Å². The molecule has 6 nitrogen and oxygen atoms in total. The zero-order valence-corrected chi connectivity index (χ0v) is 10.6. The number of hydrogen-bond donors (Lipinski definition) is 4. The molecule has 0 spiro atoms. The monoisotopic (exact) mass is 286 g/mol. The van der Waals surface area contributed by atoms with Crippen molar-refractivity contribution in [2.45, 2.75) is 0 Å². The maximum Gasteiger partial charge on any atom is 0.235 e. The summed E-state index contributed by atoms with van der Waals surface area (Å²) in [6.07, 6.45) is 0. The average Bonchev–Trinajstić information content (AvgIpc) is 2.49. The van der Waals surface area contributed by atoms with Gasteiger partial charge in [0.15, 0.2) is 17.3 Å². The Hall–Kier alpha value is -3.15. The van der Waals surface area contributed by atoms with Gasteiger partial charge >= 0.3 is 0 Å². The van der Waals surface area contributed by atoms with E-state index in [9.17, 15) is 25.2 Å². The van der Waals surface area contributed by atoms with E-state index < -0.39 is 28.4 Å². The maximum absolute atomic E-state index is 12.1. The van der Waals surface area contributed by atoms with Gasteiger partial charge in [0.25, 0.3) is 0 Å². The summed E-state index contributed by atoms with van der Waals surface area (Å²) < 4.78 is 5.43. The van der Waals surface area contributed by atoms with Crippen molar-refractivity contribution in [2.75, 3.05) is 0 Å². The summed E-state index contributed by atoms with van der Waals surface area (Å²) in [5.74, 6) is -2.95. The van der Waals surface area contributed by atoms with E-state index in [-0.39, 0.29) is 22.3 Å². The highest BCUT2D eigenvalue weighted by Gasteiger charge is 2.20. The van der Waals surface area contributed by atoms with E-state index >= 15 is 0 Å². The summed E-state index contributed by atoms with van der Waals surface area (Å²) in [6.45, 7) is 0. The minimum absolute atomic E-state index is 0.106. The molecule has 0 fully saturated rings. The van der Waals surface area contributed by atoms with Crippen molar-refractivity contribution in [3.8, 4) is 34.3 Å². The molecule has 3 rings (SSSR count). The third kappa shape index (κ3) is 1.85. The Bertz CT molecular complexity index is 910. The van der Waals surface area contributed by atoms with E-state index in [1.807, 2.05) is 0 Å². The number of phenolic OH excluding ortho intramolecular Hbond substituents is 3. The quantitative estimate of drug-likeness (QED) is 0.511. The minimum Gasteiger partial charge on any atom is -0.504 e. The van der Waals surface area contributed by atoms with Crippen LogP contribution in [0, 0.1) is 0 Å². The molecule has 21 heavy (non-hydrogen) atoms. The lowest BCUT2D eigenvalue weighted by atomic mass is 10.1. The molecule has 1 aromatic heterocycles. The molecule has 0 saturated heterocycles. The topological polar surface area (TPSA) is 111 Å². The molecule has 0 amide bonds. The Morgan fingerprint density at radius 2 is 1.52 bits per heavy atom. The van der Waals surface area contributed by atoms with Crippen LogP contribution in [0.25, 0.3) is 22.3 Å². The first-order chi connectivity index (χ1) is 10.0. The number of rotatable bonds is 1. The van der Waals surface area contributed by atoms with Crippen molar-refractivity contribution < 1.29 is 24.8 Å². The molecule has 4 N–H and O–H groups in total. The van der Waals surface area contributed by atoms with E-state index in [0.717, 1.165) is 6.07 Å². The third-order valence-corrected chi connectivity index (χ3v) is 3.15. The van der Waals surface area contributed by atoms with Crippen molar-refractivity contribution in [1.82, 2.24) is 0 Å². The zero-order valence-electron chi connectivity index (χ0n) is 10.6. The van der Waals surface area contributed by atoms with Crippen LogP contribution in [-0.2, 0) is 0 Å². The fourth-order valence-corrected chi connectivity index (χ4v) is 2.07. The molecule has 0 aliphatic heterocycles. The molecule has 6 heteroatoms. The van der Waals surface area contributed by atoms with Crippen molar-refractivity contribution in [3.63, 3.8) is 0 Å². The van der Waals surface area contributed by atoms with Gasteiger partial charge in [0.2, 0.25) is 16.9 Å². The fraction of sp³-hybridized carbons (Fsp3) is 0. The predicted octanol–water partition coefficient (Wildman–Crippen LogP) is 2.28. The Kier molecular flexibility index (Phi) is 2.72. The predicted molar refractivity (Wildman–Crippen MR) is 74.6 cm³/mol. The van der Waals surface area contributed by atoms with Crippen LogP contribution in [0.15, 0.2) is 45.6 Å². The standard InChI is InChI=1S/C15H10O6/c16-9-6-5-8(12(18)13(9)19)15-14(20)11(17)7-3-1-2-4-10(7)21-15/h1-6,16,18-20H. The summed E-state index contributed by atoms with van der Waals surface area (Å²) in [5, 5.41) is 38.8. The van der Waals surface area contributed by atoms with Gasteiger partial charge in [-0.05, 0) is 24.3 Å². The lowest BCUT2D eigenvalue weighted by molar-refractivity contribution is 0.367. The van der Waals surface area contributed by atoms with Crippen molar-refractivity contribution in [3.05, 3.63) is 46.6 Å². The Morgan fingerprint density at radius 1 is 0.810 bits per heavy atom. The fourth-order valence-electron chi connectivity index (χ4n) is 2.07. The molecule has 0 bridgehead atoms. The van der Waals surface area contributed by atoms with E-state index in [4.69, 9.17) is 4.42 Å². The van der Waals surface area contributed by atoms with Crippen LogP contribution in [0.2, 0.25) is 0 Å². The average molecular weight is 286 g/mol. The molecule has 0 unspecified atom stereocenters. The van der Waals surface area contributed by atoms with Gasteiger partial charge in [0.1, 0.15) is 5.58 Å². The highest BCUT2D eigenvalue weighted by Crippen LogP contribution is 2.44. The van der Waals surface area contributed by atoms with Crippen molar-refractivity contribution in [2.24, 2.45) is 0 Å².